The minimum atomic E-state index is -0.146. The summed E-state index contributed by atoms with van der Waals surface area (Å²) >= 11 is 12.1. The van der Waals surface area contributed by atoms with Gasteiger partial charge < -0.3 is 10.6 Å². The van der Waals surface area contributed by atoms with E-state index in [4.69, 9.17) is 28.9 Å². The van der Waals surface area contributed by atoms with Gasteiger partial charge in [0.05, 0.1) is 15.6 Å². The van der Waals surface area contributed by atoms with E-state index in [9.17, 15) is 4.79 Å². The van der Waals surface area contributed by atoms with Gasteiger partial charge in [0.15, 0.2) is 0 Å². The van der Waals surface area contributed by atoms with E-state index in [0.717, 1.165) is 11.1 Å². The van der Waals surface area contributed by atoms with Gasteiger partial charge in [0, 0.05) is 19.3 Å². The van der Waals surface area contributed by atoms with Crippen LogP contribution < -0.4 is 5.73 Å². The molecule has 0 aliphatic carbocycles. The highest BCUT2D eigenvalue weighted by atomic mass is 35.5. The fourth-order valence-corrected chi connectivity index (χ4v) is 2.44. The van der Waals surface area contributed by atoms with Crippen LogP contribution in [0.2, 0.25) is 10.0 Å². The molecule has 0 spiro atoms. The molecule has 0 saturated heterocycles. The average molecular weight is 323 g/mol. The number of carbonyl (C=O) groups excluding carboxylic acids is 1. The fourth-order valence-electron chi connectivity index (χ4n) is 2.06. The number of benzene rings is 2. The number of anilines is 1. The Morgan fingerprint density at radius 3 is 2.67 bits per heavy atom. The highest BCUT2D eigenvalue weighted by Gasteiger charge is 2.16. The maximum absolute atomic E-state index is 12.5. The van der Waals surface area contributed by atoms with Gasteiger partial charge in [-0.2, -0.15) is 0 Å². The van der Waals surface area contributed by atoms with Gasteiger partial charge in [-0.1, -0.05) is 47.0 Å². The molecule has 0 fully saturated rings. The second kappa shape index (κ2) is 6.37. The molecule has 0 heterocycles. The van der Waals surface area contributed by atoms with E-state index in [2.05, 4.69) is 0 Å². The van der Waals surface area contributed by atoms with Crippen LogP contribution >= 0.6 is 23.2 Å². The summed E-state index contributed by atoms with van der Waals surface area (Å²) in [5, 5.41) is 0.945. The van der Waals surface area contributed by atoms with Crippen LogP contribution in [0, 0.1) is 6.92 Å². The first-order valence-corrected chi connectivity index (χ1v) is 7.20. The van der Waals surface area contributed by atoms with E-state index in [1.54, 1.807) is 30.1 Å². The minimum Gasteiger partial charge on any atom is -0.398 e. The van der Waals surface area contributed by atoms with Gasteiger partial charge in [0.2, 0.25) is 0 Å². The summed E-state index contributed by atoms with van der Waals surface area (Å²) in [5.41, 5.74) is 8.63. The van der Waals surface area contributed by atoms with Gasteiger partial charge in [0.1, 0.15) is 0 Å². The highest BCUT2D eigenvalue weighted by molar-refractivity contribution is 6.42. The number of hydrogen-bond acceptors (Lipinski definition) is 2. The molecule has 110 valence electrons. The number of hydrogen-bond donors (Lipinski definition) is 1. The zero-order valence-electron chi connectivity index (χ0n) is 11.9. The average Bonchev–Trinajstić information content (AvgIpc) is 2.45. The Kier molecular flexibility index (Phi) is 4.76. The van der Waals surface area contributed by atoms with E-state index in [0.29, 0.717) is 27.8 Å². The number of nitrogen functional groups attached to an aromatic ring is 1. The van der Waals surface area contributed by atoms with Crippen molar-refractivity contribution in [2.45, 2.75) is 13.5 Å². The van der Waals surface area contributed by atoms with Crippen LogP contribution in [0.5, 0.6) is 0 Å². The molecule has 0 atom stereocenters. The van der Waals surface area contributed by atoms with Gasteiger partial charge in [-0.15, -0.1) is 0 Å². The van der Waals surface area contributed by atoms with E-state index < -0.39 is 0 Å². The number of halogens is 2. The molecule has 2 N–H and O–H groups in total. The van der Waals surface area contributed by atoms with Crippen LogP contribution in [-0.4, -0.2) is 17.9 Å². The van der Waals surface area contributed by atoms with Crippen molar-refractivity contribution in [1.29, 1.82) is 0 Å². The third-order valence-corrected chi connectivity index (χ3v) is 4.08. The maximum atomic E-state index is 12.5. The normalized spacial score (nSPS) is 10.5. The van der Waals surface area contributed by atoms with Crippen LogP contribution in [0.4, 0.5) is 5.69 Å². The molecule has 2 rings (SSSR count). The van der Waals surface area contributed by atoms with Crippen LogP contribution in [0.1, 0.15) is 21.5 Å². The van der Waals surface area contributed by atoms with Crippen molar-refractivity contribution in [3.05, 3.63) is 63.1 Å². The monoisotopic (exact) mass is 322 g/mol. The number of nitrogens with two attached hydrogens (primary N) is 1. The summed E-state index contributed by atoms with van der Waals surface area (Å²) in [6, 6.07) is 10.8. The molecule has 1 amide bonds. The summed E-state index contributed by atoms with van der Waals surface area (Å²) < 4.78 is 0. The Balaban J connectivity index is 2.24. The molecule has 21 heavy (non-hydrogen) atoms. The molecule has 2 aromatic carbocycles. The molecule has 3 nitrogen and oxygen atoms in total. The molecule has 0 aromatic heterocycles. The van der Waals surface area contributed by atoms with Crippen LogP contribution in [0.15, 0.2) is 36.4 Å². The standard InChI is InChI=1S/C16H16Cl2N2O/c1-10-6-7-14(19)12(8-10)16(21)20(2)9-11-4-3-5-13(17)15(11)18/h3-8H,9,19H2,1-2H3. The van der Waals surface area contributed by atoms with Crippen molar-refractivity contribution in [1.82, 2.24) is 4.90 Å². The van der Waals surface area contributed by atoms with Crippen molar-refractivity contribution in [3.63, 3.8) is 0 Å². The fraction of sp³-hybridized carbons (Fsp3) is 0.188. The van der Waals surface area contributed by atoms with Crippen molar-refractivity contribution in [2.75, 3.05) is 12.8 Å². The second-order valence-electron chi connectivity index (χ2n) is 4.96. The molecule has 0 radical (unpaired) electrons. The summed E-state index contributed by atoms with van der Waals surface area (Å²) in [6.45, 7) is 2.29. The van der Waals surface area contributed by atoms with E-state index in [-0.39, 0.29) is 5.91 Å². The van der Waals surface area contributed by atoms with Gasteiger partial charge in [-0.3, -0.25) is 4.79 Å². The number of nitrogens with zero attached hydrogens (tertiary/aromatic N) is 1. The largest absolute Gasteiger partial charge is 0.398 e. The number of carbonyl (C=O) groups is 1. The first kappa shape index (κ1) is 15.7. The van der Waals surface area contributed by atoms with Crippen molar-refractivity contribution < 1.29 is 4.79 Å². The van der Waals surface area contributed by atoms with E-state index >= 15 is 0 Å². The van der Waals surface area contributed by atoms with Crippen LogP contribution in [0.25, 0.3) is 0 Å². The summed E-state index contributed by atoms with van der Waals surface area (Å²) in [7, 11) is 1.71. The maximum Gasteiger partial charge on any atom is 0.255 e. The predicted octanol–water partition coefficient (Wildman–Crippen LogP) is 4.16. The SMILES string of the molecule is Cc1ccc(N)c(C(=O)N(C)Cc2cccc(Cl)c2Cl)c1. The van der Waals surface area contributed by atoms with Crippen molar-refractivity contribution in [2.24, 2.45) is 0 Å². The molecular formula is C16H16Cl2N2O. The first-order valence-electron chi connectivity index (χ1n) is 6.44. The van der Waals surface area contributed by atoms with Gasteiger partial charge >= 0.3 is 0 Å². The lowest BCUT2D eigenvalue weighted by atomic mass is 10.1. The topological polar surface area (TPSA) is 46.3 Å². The molecule has 0 bridgehead atoms. The second-order valence-corrected chi connectivity index (χ2v) is 5.75. The van der Waals surface area contributed by atoms with Crippen molar-refractivity contribution >= 4 is 34.8 Å². The zero-order chi connectivity index (χ0) is 15.6. The van der Waals surface area contributed by atoms with Gasteiger partial charge in [0.25, 0.3) is 5.91 Å². The Morgan fingerprint density at radius 2 is 1.95 bits per heavy atom. The Bertz CT molecular complexity index is 686. The lowest BCUT2D eigenvalue weighted by Gasteiger charge is -2.19. The molecule has 5 heteroatoms. The molecule has 0 saturated carbocycles. The lowest BCUT2D eigenvalue weighted by Crippen LogP contribution is -2.27. The number of rotatable bonds is 3. The van der Waals surface area contributed by atoms with E-state index in [1.807, 2.05) is 25.1 Å². The molecule has 0 aliphatic rings. The number of aryl methyl sites for hydroxylation is 1. The highest BCUT2D eigenvalue weighted by Crippen LogP contribution is 2.27. The lowest BCUT2D eigenvalue weighted by molar-refractivity contribution is 0.0786. The van der Waals surface area contributed by atoms with Gasteiger partial charge in [-0.05, 0) is 30.7 Å². The van der Waals surface area contributed by atoms with Gasteiger partial charge in [-0.25, -0.2) is 0 Å². The van der Waals surface area contributed by atoms with Crippen LogP contribution in [0.3, 0.4) is 0 Å². The Labute approximate surface area is 134 Å². The predicted molar refractivity (Wildman–Crippen MR) is 87.9 cm³/mol. The smallest absolute Gasteiger partial charge is 0.255 e. The zero-order valence-corrected chi connectivity index (χ0v) is 13.4. The molecule has 0 unspecified atom stereocenters. The summed E-state index contributed by atoms with van der Waals surface area (Å²) in [6.07, 6.45) is 0. The quantitative estimate of drug-likeness (QED) is 0.862. The van der Waals surface area contributed by atoms with E-state index in [1.165, 1.54) is 0 Å². The first-order chi connectivity index (χ1) is 9.90. The third-order valence-electron chi connectivity index (χ3n) is 3.22. The Morgan fingerprint density at radius 1 is 1.24 bits per heavy atom. The minimum absolute atomic E-state index is 0.146. The summed E-state index contributed by atoms with van der Waals surface area (Å²) in [4.78, 5) is 14.1. The molecule has 2 aromatic rings. The van der Waals surface area contributed by atoms with Crippen LogP contribution in [-0.2, 0) is 6.54 Å². The third kappa shape index (κ3) is 3.49. The summed E-state index contributed by atoms with van der Waals surface area (Å²) in [5.74, 6) is -0.146. The van der Waals surface area contributed by atoms with Crippen molar-refractivity contribution in [3.8, 4) is 0 Å². The molecule has 0 aliphatic heterocycles. The Hall–Kier alpha value is -1.71. The molecular weight excluding hydrogens is 307 g/mol. The number of amides is 1.